The summed E-state index contributed by atoms with van der Waals surface area (Å²) >= 11 is 0. The fourth-order valence-electron chi connectivity index (χ4n) is 1.50. The second kappa shape index (κ2) is 8.15. The molecule has 0 aromatic heterocycles. The monoisotopic (exact) mass is 240 g/mol. The molecule has 17 heavy (non-hydrogen) atoms. The van der Waals surface area contributed by atoms with Gasteiger partial charge in [0.25, 0.3) is 0 Å². The maximum absolute atomic E-state index is 12.0. The minimum atomic E-state index is 0.0141. The van der Waals surface area contributed by atoms with Crippen molar-refractivity contribution in [2.75, 3.05) is 13.1 Å². The second-order valence-corrected chi connectivity index (χ2v) is 5.49. The summed E-state index contributed by atoms with van der Waals surface area (Å²) in [5.74, 6) is 0.992. The summed E-state index contributed by atoms with van der Waals surface area (Å²) < 4.78 is 0. The quantitative estimate of drug-likeness (QED) is 0.755. The molecule has 0 aliphatic carbocycles. The Bertz CT molecular complexity index is 247. The smallest absolute Gasteiger partial charge is 0.321 e. The van der Waals surface area contributed by atoms with Crippen LogP contribution in [0.1, 0.15) is 48.0 Å². The zero-order valence-electron chi connectivity index (χ0n) is 12.2. The molecule has 0 aromatic rings. The number of nitrogens with zero attached hydrogens (tertiary/aromatic N) is 1. The van der Waals surface area contributed by atoms with Gasteiger partial charge in [-0.25, -0.2) is 4.79 Å². The van der Waals surface area contributed by atoms with E-state index in [9.17, 15) is 4.79 Å². The SMILES string of the molecule is CC/C(C)=C/NC(=O)N(CC(C)C)CC(C)C. The van der Waals surface area contributed by atoms with Crippen molar-refractivity contribution < 1.29 is 4.79 Å². The summed E-state index contributed by atoms with van der Waals surface area (Å²) in [6, 6.07) is 0.0141. The van der Waals surface area contributed by atoms with Crippen LogP contribution in [0.3, 0.4) is 0 Å². The van der Waals surface area contributed by atoms with E-state index >= 15 is 0 Å². The van der Waals surface area contributed by atoms with Crippen LogP contribution < -0.4 is 5.32 Å². The predicted molar refractivity (Wildman–Crippen MR) is 73.8 cm³/mol. The van der Waals surface area contributed by atoms with Crippen molar-refractivity contribution in [2.24, 2.45) is 11.8 Å². The predicted octanol–water partition coefficient (Wildman–Crippen LogP) is 3.62. The highest BCUT2D eigenvalue weighted by Gasteiger charge is 2.14. The molecule has 3 heteroatoms. The van der Waals surface area contributed by atoms with Gasteiger partial charge in [-0.1, -0.05) is 40.2 Å². The van der Waals surface area contributed by atoms with Crippen LogP contribution in [0.4, 0.5) is 4.79 Å². The fourth-order valence-corrected chi connectivity index (χ4v) is 1.50. The van der Waals surface area contributed by atoms with Gasteiger partial charge in [0.15, 0.2) is 0 Å². The van der Waals surface area contributed by atoms with E-state index in [2.05, 4.69) is 39.9 Å². The lowest BCUT2D eigenvalue weighted by Gasteiger charge is -2.26. The topological polar surface area (TPSA) is 32.3 Å². The standard InChI is InChI=1S/C14H28N2O/c1-7-13(6)8-15-14(17)16(9-11(2)3)10-12(4)5/h8,11-12H,7,9-10H2,1-6H3,(H,15,17)/b13-8+. The van der Waals surface area contributed by atoms with E-state index in [-0.39, 0.29) is 6.03 Å². The summed E-state index contributed by atoms with van der Waals surface area (Å²) in [4.78, 5) is 13.9. The first-order valence-corrected chi connectivity index (χ1v) is 6.57. The summed E-state index contributed by atoms with van der Waals surface area (Å²) in [6.45, 7) is 14.3. The fraction of sp³-hybridized carbons (Fsp3) is 0.786. The number of hydrogen-bond acceptors (Lipinski definition) is 1. The van der Waals surface area contributed by atoms with Crippen LogP contribution in [0.2, 0.25) is 0 Å². The van der Waals surface area contributed by atoms with Gasteiger partial charge >= 0.3 is 6.03 Å². The first-order valence-electron chi connectivity index (χ1n) is 6.57. The Labute approximate surface area is 106 Å². The lowest BCUT2D eigenvalue weighted by molar-refractivity contribution is 0.187. The van der Waals surface area contributed by atoms with E-state index in [4.69, 9.17) is 0 Å². The van der Waals surface area contributed by atoms with E-state index in [1.807, 2.05) is 18.0 Å². The van der Waals surface area contributed by atoms with Crippen LogP contribution in [-0.4, -0.2) is 24.0 Å². The van der Waals surface area contributed by atoms with Crippen molar-refractivity contribution in [3.05, 3.63) is 11.8 Å². The Morgan fingerprint density at radius 3 is 2.00 bits per heavy atom. The third-order valence-corrected chi connectivity index (χ3v) is 2.46. The van der Waals surface area contributed by atoms with Crippen molar-refractivity contribution in [1.29, 1.82) is 0 Å². The van der Waals surface area contributed by atoms with Gasteiger partial charge in [0.05, 0.1) is 0 Å². The Morgan fingerprint density at radius 2 is 1.65 bits per heavy atom. The zero-order chi connectivity index (χ0) is 13.4. The molecule has 0 aliphatic rings. The third kappa shape index (κ3) is 7.83. The van der Waals surface area contributed by atoms with Crippen LogP contribution in [0, 0.1) is 11.8 Å². The molecule has 0 unspecified atom stereocenters. The Balaban J connectivity index is 4.41. The van der Waals surface area contributed by atoms with Crippen molar-refractivity contribution in [1.82, 2.24) is 10.2 Å². The van der Waals surface area contributed by atoms with E-state index in [0.717, 1.165) is 19.5 Å². The number of hydrogen-bond donors (Lipinski definition) is 1. The lowest BCUT2D eigenvalue weighted by atomic mass is 10.1. The average Bonchev–Trinajstić information content (AvgIpc) is 2.23. The second-order valence-electron chi connectivity index (χ2n) is 5.49. The molecule has 0 spiro atoms. The molecule has 0 atom stereocenters. The maximum Gasteiger partial charge on any atom is 0.321 e. The minimum Gasteiger partial charge on any atom is -0.324 e. The molecule has 0 saturated heterocycles. The first-order chi connectivity index (χ1) is 7.86. The van der Waals surface area contributed by atoms with Gasteiger partial charge in [0.1, 0.15) is 0 Å². The number of rotatable bonds is 6. The Kier molecular flexibility index (Phi) is 7.68. The molecule has 1 N–H and O–H groups in total. The zero-order valence-corrected chi connectivity index (χ0v) is 12.2. The summed E-state index contributed by atoms with van der Waals surface area (Å²) in [7, 11) is 0. The molecule has 2 amide bonds. The molecule has 0 radical (unpaired) electrons. The van der Waals surface area contributed by atoms with Crippen LogP contribution in [0.25, 0.3) is 0 Å². The number of nitrogens with one attached hydrogen (secondary N) is 1. The van der Waals surface area contributed by atoms with Gasteiger partial charge in [0, 0.05) is 19.3 Å². The number of carbonyl (C=O) groups excluding carboxylic acids is 1. The molecule has 0 fully saturated rings. The van der Waals surface area contributed by atoms with E-state index in [0.29, 0.717) is 11.8 Å². The normalized spacial score (nSPS) is 12.1. The van der Waals surface area contributed by atoms with E-state index in [1.54, 1.807) is 0 Å². The van der Waals surface area contributed by atoms with Crippen LogP contribution in [-0.2, 0) is 0 Å². The van der Waals surface area contributed by atoms with Crippen molar-refractivity contribution >= 4 is 6.03 Å². The summed E-state index contributed by atoms with van der Waals surface area (Å²) in [5, 5.41) is 2.87. The molecule has 0 aromatic carbocycles. The molecule has 0 heterocycles. The highest BCUT2D eigenvalue weighted by molar-refractivity contribution is 5.75. The van der Waals surface area contributed by atoms with Gasteiger partial charge in [-0.3, -0.25) is 0 Å². The summed E-state index contributed by atoms with van der Waals surface area (Å²) in [6.07, 6.45) is 2.78. The Morgan fingerprint density at radius 1 is 1.18 bits per heavy atom. The van der Waals surface area contributed by atoms with Crippen LogP contribution >= 0.6 is 0 Å². The third-order valence-electron chi connectivity index (χ3n) is 2.46. The first kappa shape index (κ1) is 16.0. The summed E-state index contributed by atoms with van der Waals surface area (Å²) in [5.41, 5.74) is 1.19. The molecular weight excluding hydrogens is 212 g/mol. The highest BCUT2D eigenvalue weighted by Crippen LogP contribution is 2.04. The van der Waals surface area contributed by atoms with Gasteiger partial charge in [-0.2, -0.15) is 0 Å². The molecular formula is C14H28N2O. The van der Waals surface area contributed by atoms with Crippen LogP contribution in [0.5, 0.6) is 0 Å². The molecule has 0 rings (SSSR count). The number of urea groups is 1. The van der Waals surface area contributed by atoms with Gasteiger partial charge < -0.3 is 10.2 Å². The van der Waals surface area contributed by atoms with E-state index in [1.165, 1.54) is 5.57 Å². The Hall–Kier alpha value is -0.990. The molecule has 0 saturated carbocycles. The highest BCUT2D eigenvalue weighted by atomic mass is 16.2. The van der Waals surface area contributed by atoms with Gasteiger partial charge in [0.2, 0.25) is 0 Å². The lowest BCUT2D eigenvalue weighted by Crippen LogP contribution is -2.42. The molecule has 0 bridgehead atoms. The number of allylic oxidation sites excluding steroid dienone is 1. The molecule has 0 aliphatic heterocycles. The largest absolute Gasteiger partial charge is 0.324 e. The molecule has 100 valence electrons. The average molecular weight is 240 g/mol. The van der Waals surface area contributed by atoms with E-state index < -0.39 is 0 Å². The van der Waals surface area contributed by atoms with Crippen molar-refractivity contribution in [3.8, 4) is 0 Å². The maximum atomic E-state index is 12.0. The number of amides is 2. The van der Waals surface area contributed by atoms with Crippen molar-refractivity contribution in [2.45, 2.75) is 48.0 Å². The van der Waals surface area contributed by atoms with Gasteiger partial charge in [-0.05, 0) is 25.2 Å². The minimum absolute atomic E-state index is 0.0141. The van der Waals surface area contributed by atoms with Crippen LogP contribution in [0.15, 0.2) is 11.8 Å². The van der Waals surface area contributed by atoms with Gasteiger partial charge in [-0.15, -0.1) is 0 Å². The molecule has 3 nitrogen and oxygen atoms in total. The number of carbonyl (C=O) groups is 1. The van der Waals surface area contributed by atoms with Crippen molar-refractivity contribution in [3.63, 3.8) is 0 Å².